The Morgan fingerprint density at radius 2 is 2.18 bits per heavy atom. The number of aromatic nitrogens is 4. The topological polar surface area (TPSA) is 97.4 Å². The van der Waals surface area contributed by atoms with Crippen LogP contribution in [0.25, 0.3) is 5.52 Å². The molecule has 3 fully saturated rings. The summed E-state index contributed by atoms with van der Waals surface area (Å²) < 4.78 is 14.1. The molecule has 0 bridgehead atoms. The summed E-state index contributed by atoms with van der Waals surface area (Å²) in [5.74, 6) is 2.06. The van der Waals surface area contributed by atoms with Crippen molar-refractivity contribution in [2.45, 2.75) is 63.0 Å². The summed E-state index contributed by atoms with van der Waals surface area (Å²) in [5, 5.41) is 17.6. The molecule has 33 heavy (non-hydrogen) atoms. The predicted molar refractivity (Wildman–Crippen MR) is 122 cm³/mol. The highest BCUT2D eigenvalue weighted by molar-refractivity contribution is 5.70. The molecule has 3 aromatic heterocycles. The van der Waals surface area contributed by atoms with Crippen LogP contribution in [0.4, 0.5) is 5.95 Å². The quantitative estimate of drug-likeness (QED) is 0.639. The van der Waals surface area contributed by atoms with Crippen molar-refractivity contribution in [1.29, 1.82) is 5.26 Å². The third kappa shape index (κ3) is 3.70. The summed E-state index contributed by atoms with van der Waals surface area (Å²) in [6.07, 6.45) is 11.7. The number of aryl methyl sites for hydroxylation is 1. The Morgan fingerprint density at radius 1 is 1.30 bits per heavy atom. The molecule has 170 valence electrons. The highest BCUT2D eigenvalue weighted by Crippen LogP contribution is 2.59. The summed E-state index contributed by atoms with van der Waals surface area (Å²) in [4.78, 5) is 8.79. The lowest BCUT2D eigenvalue weighted by Gasteiger charge is -2.30. The molecule has 1 N–H and O–H groups in total. The molecule has 2 saturated carbocycles. The van der Waals surface area contributed by atoms with Gasteiger partial charge in [0.2, 0.25) is 5.95 Å². The van der Waals surface area contributed by atoms with Gasteiger partial charge in [0, 0.05) is 36.2 Å². The molecular weight excluding hydrogens is 416 g/mol. The third-order valence-corrected chi connectivity index (χ3v) is 7.61. The number of rotatable bonds is 5. The van der Waals surface area contributed by atoms with Gasteiger partial charge >= 0.3 is 0 Å². The van der Waals surface area contributed by atoms with Crippen LogP contribution in [-0.4, -0.2) is 44.9 Å². The van der Waals surface area contributed by atoms with Crippen molar-refractivity contribution in [3.05, 3.63) is 47.5 Å². The van der Waals surface area contributed by atoms with E-state index in [-0.39, 0.29) is 11.5 Å². The van der Waals surface area contributed by atoms with Crippen molar-refractivity contribution in [2.75, 3.05) is 18.5 Å². The zero-order valence-electron chi connectivity index (χ0n) is 18.8. The number of fused-ring (bicyclic) bond motifs is 2. The van der Waals surface area contributed by atoms with E-state index in [1.807, 2.05) is 17.5 Å². The summed E-state index contributed by atoms with van der Waals surface area (Å²) >= 11 is 0. The van der Waals surface area contributed by atoms with Crippen LogP contribution in [0.3, 0.4) is 0 Å². The molecule has 0 aromatic carbocycles. The largest absolute Gasteiger partial charge is 0.488 e. The lowest BCUT2D eigenvalue weighted by Crippen LogP contribution is -2.32. The third-order valence-electron chi connectivity index (χ3n) is 7.61. The molecule has 8 heteroatoms. The SMILES string of the molecule is Cc1ccnc(N[C@H]2CC[C@@H](Oc3cc(C45CCOCC4C5)cn4ncc(C#N)c34)CC2)n1. The number of ether oxygens (including phenoxy) is 2. The fraction of sp³-hybridized carbons (Fsp3) is 0.520. The maximum absolute atomic E-state index is 9.63. The number of hydrogen-bond donors (Lipinski definition) is 1. The van der Waals surface area contributed by atoms with Crippen LogP contribution in [-0.2, 0) is 10.2 Å². The molecule has 3 aromatic rings. The van der Waals surface area contributed by atoms with Gasteiger partial charge < -0.3 is 14.8 Å². The van der Waals surface area contributed by atoms with Gasteiger partial charge in [-0.15, -0.1) is 0 Å². The predicted octanol–water partition coefficient (Wildman–Crippen LogP) is 3.78. The van der Waals surface area contributed by atoms with Gasteiger partial charge in [-0.05, 0) is 69.1 Å². The Hall–Kier alpha value is -3.18. The molecule has 0 amide bonds. The van der Waals surface area contributed by atoms with Gasteiger partial charge in [0.05, 0.1) is 18.9 Å². The lowest BCUT2D eigenvalue weighted by atomic mass is 9.90. The first-order valence-electron chi connectivity index (χ1n) is 11.9. The van der Waals surface area contributed by atoms with Crippen LogP contribution in [0.2, 0.25) is 0 Å². The molecule has 1 aliphatic heterocycles. The number of hydrogen-bond acceptors (Lipinski definition) is 7. The number of nitrogens with zero attached hydrogens (tertiary/aromatic N) is 5. The van der Waals surface area contributed by atoms with Gasteiger partial charge in [-0.2, -0.15) is 10.4 Å². The maximum atomic E-state index is 9.63. The monoisotopic (exact) mass is 444 g/mol. The van der Waals surface area contributed by atoms with E-state index in [9.17, 15) is 5.26 Å². The Morgan fingerprint density at radius 3 is 2.97 bits per heavy atom. The van der Waals surface area contributed by atoms with Gasteiger partial charge in [-0.25, -0.2) is 14.5 Å². The minimum Gasteiger partial charge on any atom is -0.488 e. The first-order chi connectivity index (χ1) is 16.1. The first kappa shape index (κ1) is 20.4. The van der Waals surface area contributed by atoms with Gasteiger partial charge in [-0.1, -0.05) is 0 Å². The smallest absolute Gasteiger partial charge is 0.223 e. The van der Waals surface area contributed by atoms with Crippen molar-refractivity contribution in [3.63, 3.8) is 0 Å². The highest BCUT2D eigenvalue weighted by Gasteiger charge is 2.57. The molecule has 0 radical (unpaired) electrons. The summed E-state index contributed by atoms with van der Waals surface area (Å²) in [6.45, 7) is 3.61. The molecule has 2 unspecified atom stereocenters. The molecule has 8 nitrogen and oxygen atoms in total. The minimum absolute atomic E-state index is 0.115. The average Bonchev–Trinajstić information content (AvgIpc) is 3.44. The molecule has 1 saturated heterocycles. The Balaban J connectivity index is 1.21. The van der Waals surface area contributed by atoms with Crippen molar-refractivity contribution in [1.82, 2.24) is 19.6 Å². The van der Waals surface area contributed by atoms with Crippen LogP contribution in [0, 0.1) is 24.2 Å². The standard InChI is InChI=1S/C25H28N6O2/c1-16-6-8-27-24(29-16)30-20-2-4-21(5-3-20)33-22-10-18(25-7-9-32-15-19(25)11-25)14-31-23(22)17(12-26)13-28-31/h6,8,10,13-14,19-21H,2-5,7,9,11,15H2,1H3,(H,27,29,30)/t19?,20-,21+,25?. The van der Waals surface area contributed by atoms with E-state index >= 15 is 0 Å². The second-order valence-corrected chi connectivity index (χ2v) is 9.70. The number of anilines is 1. The molecular formula is C25H28N6O2. The van der Waals surface area contributed by atoms with Gasteiger partial charge in [0.15, 0.2) is 0 Å². The zero-order valence-corrected chi connectivity index (χ0v) is 18.8. The first-order valence-corrected chi connectivity index (χ1v) is 11.9. The molecule has 4 heterocycles. The van der Waals surface area contributed by atoms with Crippen LogP contribution < -0.4 is 10.1 Å². The second kappa shape index (κ2) is 7.99. The van der Waals surface area contributed by atoms with Crippen molar-refractivity contribution < 1.29 is 9.47 Å². The number of pyridine rings is 1. The molecule has 2 atom stereocenters. The van der Waals surface area contributed by atoms with Crippen LogP contribution >= 0.6 is 0 Å². The second-order valence-electron chi connectivity index (χ2n) is 9.70. The normalized spacial score (nSPS) is 28.7. The van der Waals surface area contributed by atoms with E-state index < -0.39 is 0 Å². The summed E-state index contributed by atoms with van der Waals surface area (Å²) in [5.41, 5.74) is 3.73. The molecule has 6 rings (SSSR count). The maximum Gasteiger partial charge on any atom is 0.223 e. The Labute approximate surface area is 192 Å². The van der Waals surface area contributed by atoms with E-state index in [0.29, 0.717) is 23.5 Å². The number of nitriles is 1. The molecule has 3 aliphatic rings. The fourth-order valence-corrected chi connectivity index (χ4v) is 5.62. The zero-order chi connectivity index (χ0) is 22.4. The fourth-order valence-electron chi connectivity index (χ4n) is 5.62. The summed E-state index contributed by atoms with van der Waals surface area (Å²) in [7, 11) is 0. The highest BCUT2D eigenvalue weighted by atomic mass is 16.5. The van der Waals surface area contributed by atoms with Crippen LogP contribution in [0.1, 0.15) is 55.3 Å². The molecule has 0 spiro atoms. The van der Waals surface area contributed by atoms with Gasteiger partial charge in [0.25, 0.3) is 0 Å². The van der Waals surface area contributed by atoms with E-state index in [0.717, 1.165) is 68.7 Å². The average molecular weight is 445 g/mol. The Kier molecular flexibility index (Phi) is 4.95. The minimum atomic E-state index is 0.115. The van der Waals surface area contributed by atoms with Gasteiger partial charge in [0.1, 0.15) is 22.9 Å². The van der Waals surface area contributed by atoms with E-state index in [1.54, 1.807) is 12.4 Å². The summed E-state index contributed by atoms with van der Waals surface area (Å²) in [6, 6.07) is 6.70. The van der Waals surface area contributed by atoms with Crippen LogP contribution in [0.5, 0.6) is 5.75 Å². The van der Waals surface area contributed by atoms with Crippen molar-refractivity contribution >= 4 is 11.5 Å². The van der Waals surface area contributed by atoms with E-state index in [2.05, 4.69) is 38.7 Å². The van der Waals surface area contributed by atoms with Crippen molar-refractivity contribution in [3.8, 4) is 11.8 Å². The van der Waals surface area contributed by atoms with Crippen molar-refractivity contribution in [2.24, 2.45) is 5.92 Å². The van der Waals surface area contributed by atoms with E-state index in [4.69, 9.17) is 9.47 Å². The number of nitrogens with one attached hydrogen (secondary N) is 1. The molecule has 2 aliphatic carbocycles. The van der Waals surface area contributed by atoms with E-state index in [1.165, 1.54) is 5.56 Å². The van der Waals surface area contributed by atoms with Crippen LogP contribution in [0.15, 0.2) is 30.7 Å². The van der Waals surface area contributed by atoms with Gasteiger partial charge in [-0.3, -0.25) is 0 Å². The Bertz CT molecular complexity index is 1230. The lowest BCUT2D eigenvalue weighted by molar-refractivity contribution is 0.0800.